The number of hydrogen-bond donors (Lipinski definition) is 1. The van der Waals surface area contributed by atoms with Gasteiger partial charge < -0.3 is 9.88 Å². The van der Waals surface area contributed by atoms with E-state index in [9.17, 15) is 22.8 Å². The minimum absolute atomic E-state index is 0.0906. The number of carbonyl (C=O) groups is 1. The molecule has 0 atom stereocenters. The second kappa shape index (κ2) is 6.90. The fourth-order valence-corrected chi connectivity index (χ4v) is 3.82. The second-order valence-corrected chi connectivity index (χ2v) is 7.32. The largest absolute Gasteiger partial charge is 0.416 e. The van der Waals surface area contributed by atoms with Crippen molar-refractivity contribution in [2.45, 2.75) is 19.1 Å². The van der Waals surface area contributed by atoms with E-state index in [4.69, 9.17) is 0 Å². The zero-order valence-corrected chi connectivity index (χ0v) is 15.2. The maximum atomic E-state index is 12.9. The molecule has 1 aliphatic rings. The van der Waals surface area contributed by atoms with E-state index in [-0.39, 0.29) is 23.8 Å². The number of halogens is 3. The first-order chi connectivity index (χ1) is 13.3. The number of alkyl halides is 3. The first-order valence-corrected chi connectivity index (χ1v) is 9.33. The molecular formula is C19H14F3N3O2S. The number of H-pyrrole nitrogens is 1. The number of aromatic nitrogens is 2. The SMILES string of the molecule is O=C(c1cccs1)N1CCc2nc(-c3cccc(C(F)(F)F)c3)[nH]c(=O)c2C1. The number of hydrogen-bond acceptors (Lipinski definition) is 4. The molecule has 1 amide bonds. The molecule has 0 radical (unpaired) electrons. The molecule has 9 heteroatoms. The molecule has 0 fully saturated rings. The predicted molar refractivity (Wildman–Crippen MR) is 98.1 cm³/mol. The standard InChI is InChI=1S/C19H14F3N3O2S/c20-19(21,22)12-4-1-3-11(9-12)16-23-14-6-7-25(10-13(14)17(26)24-16)18(27)15-5-2-8-28-15/h1-5,8-9H,6-7,10H2,(H,23,24,26). The van der Waals surface area contributed by atoms with Gasteiger partial charge in [0.25, 0.3) is 11.5 Å². The van der Waals surface area contributed by atoms with Crippen LogP contribution in [0.3, 0.4) is 0 Å². The van der Waals surface area contributed by atoms with Gasteiger partial charge in [-0.25, -0.2) is 4.98 Å². The van der Waals surface area contributed by atoms with Gasteiger partial charge in [0.1, 0.15) is 5.82 Å². The summed E-state index contributed by atoms with van der Waals surface area (Å²) in [7, 11) is 0. The van der Waals surface area contributed by atoms with Crippen LogP contribution in [0, 0.1) is 0 Å². The summed E-state index contributed by atoms with van der Waals surface area (Å²) < 4.78 is 38.8. The maximum Gasteiger partial charge on any atom is 0.416 e. The van der Waals surface area contributed by atoms with Gasteiger partial charge in [-0.15, -0.1) is 11.3 Å². The molecule has 1 N–H and O–H groups in total. The molecule has 1 aromatic carbocycles. The number of rotatable bonds is 2. The Balaban J connectivity index is 1.65. The van der Waals surface area contributed by atoms with Crippen molar-refractivity contribution in [3.63, 3.8) is 0 Å². The molecular weight excluding hydrogens is 391 g/mol. The first-order valence-electron chi connectivity index (χ1n) is 8.45. The quantitative estimate of drug-likeness (QED) is 0.707. The zero-order chi connectivity index (χ0) is 19.9. The molecule has 1 aliphatic heterocycles. The van der Waals surface area contributed by atoms with Crippen LogP contribution in [-0.4, -0.2) is 27.3 Å². The van der Waals surface area contributed by atoms with E-state index in [1.54, 1.807) is 22.4 Å². The van der Waals surface area contributed by atoms with Gasteiger partial charge >= 0.3 is 6.18 Å². The normalized spacial score (nSPS) is 14.0. The summed E-state index contributed by atoms with van der Waals surface area (Å²) in [6.45, 7) is 0.513. The van der Waals surface area contributed by atoms with E-state index in [0.29, 0.717) is 29.1 Å². The molecule has 4 rings (SSSR count). The van der Waals surface area contributed by atoms with Crippen LogP contribution >= 0.6 is 11.3 Å². The van der Waals surface area contributed by atoms with Gasteiger partial charge in [-0.3, -0.25) is 9.59 Å². The third-order valence-corrected chi connectivity index (χ3v) is 5.41. The molecule has 0 spiro atoms. The summed E-state index contributed by atoms with van der Waals surface area (Å²) in [6.07, 6.45) is -4.12. The lowest BCUT2D eigenvalue weighted by molar-refractivity contribution is -0.137. The van der Waals surface area contributed by atoms with E-state index in [1.165, 1.54) is 23.5 Å². The Labute approximate surface area is 161 Å². The Morgan fingerprint density at radius 2 is 2.04 bits per heavy atom. The number of benzene rings is 1. The molecule has 5 nitrogen and oxygen atoms in total. The number of thiophene rings is 1. The van der Waals surface area contributed by atoms with Crippen molar-refractivity contribution in [1.29, 1.82) is 0 Å². The Morgan fingerprint density at radius 1 is 1.21 bits per heavy atom. The Kier molecular flexibility index (Phi) is 4.54. The van der Waals surface area contributed by atoms with E-state index in [0.717, 1.165) is 12.1 Å². The second-order valence-electron chi connectivity index (χ2n) is 6.37. The monoisotopic (exact) mass is 405 g/mol. The number of fused-ring (bicyclic) bond motifs is 1. The zero-order valence-electron chi connectivity index (χ0n) is 14.4. The topological polar surface area (TPSA) is 66.1 Å². The van der Waals surface area contributed by atoms with Gasteiger partial charge in [0, 0.05) is 18.5 Å². The van der Waals surface area contributed by atoms with Gasteiger partial charge in [-0.1, -0.05) is 18.2 Å². The number of nitrogens with zero attached hydrogens (tertiary/aromatic N) is 2. The Hall–Kier alpha value is -2.94. The molecule has 0 saturated heterocycles. The lowest BCUT2D eigenvalue weighted by Gasteiger charge is -2.27. The van der Waals surface area contributed by atoms with Crippen LogP contribution in [0.1, 0.15) is 26.5 Å². The van der Waals surface area contributed by atoms with Crippen molar-refractivity contribution in [2.75, 3.05) is 6.54 Å². The summed E-state index contributed by atoms with van der Waals surface area (Å²) in [5, 5.41) is 1.81. The average Bonchev–Trinajstić information content (AvgIpc) is 3.21. The van der Waals surface area contributed by atoms with Gasteiger partial charge in [-0.2, -0.15) is 13.2 Å². The summed E-state index contributed by atoms with van der Waals surface area (Å²) in [6, 6.07) is 8.18. The summed E-state index contributed by atoms with van der Waals surface area (Å²) >= 11 is 1.33. The van der Waals surface area contributed by atoms with Crippen LogP contribution in [0.5, 0.6) is 0 Å². The number of amides is 1. The fraction of sp³-hybridized carbons (Fsp3) is 0.211. The number of carbonyl (C=O) groups excluding carboxylic acids is 1. The van der Waals surface area contributed by atoms with Crippen LogP contribution in [0.25, 0.3) is 11.4 Å². The lowest BCUT2D eigenvalue weighted by atomic mass is 10.1. The van der Waals surface area contributed by atoms with Crippen molar-refractivity contribution in [3.05, 3.63) is 73.8 Å². The van der Waals surface area contributed by atoms with E-state index < -0.39 is 17.3 Å². The van der Waals surface area contributed by atoms with Crippen LogP contribution < -0.4 is 5.56 Å². The highest BCUT2D eigenvalue weighted by molar-refractivity contribution is 7.12. The summed E-state index contributed by atoms with van der Waals surface area (Å²) in [5.74, 6) is -0.0603. The van der Waals surface area contributed by atoms with E-state index in [1.807, 2.05) is 0 Å². The average molecular weight is 405 g/mol. The van der Waals surface area contributed by atoms with Crippen molar-refractivity contribution in [3.8, 4) is 11.4 Å². The molecule has 28 heavy (non-hydrogen) atoms. The number of aromatic amines is 1. The van der Waals surface area contributed by atoms with Crippen molar-refractivity contribution in [1.82, 2.24) is 14.9 Å². The van der Waals surface area contributed by atoms with Crippen LogP contribution in [0.2, 0.25) is 0 Å². The smallest absolute Gasteiger partial charge is 0.333 e. The minimum atomic E-state index is -4.48. The minimum Gasteiger partial charge on any atom is -0.333 e. The molecule has 0 bridgehead atoms. The number of nitrogens with one attached hydrogen (secondary N) is 1. The van der Waals surface area contributed by atoms with E-state index >= 15 is 0 Å². The molecule has 0 aliphatic carbocycles. The third-order valence-electron chi connectivity index (χ3n) is 4.55. The van der Waals surface area contributed by atoms with Gasteiger partial charge in [-0.05, 0) is 23.6 Å². The highest BCUT2D eigenvalue weighted by atomic mass is 32.1. The molecule has 3 heterocycles. The van der Waals surface area contributed by atoms with Crippen molar-refractivity contribution in [2.24, 2.45) is 0 Å². The molecule has 2 aromatic heterocycles. The third kappa shape index (κ3) is 3.45. The highest BCUT2D eigenvalue weighted by Crippen LogP contribution is 2.31. The van der Waals surface area contributed by atoms with Gasteiger partial charge in [0.15, 0.2) is 0 Å². The molecule has 0 unspecified atom stereocenters. The van der Waals surface area contributed by atoms with Gasteiger partial charge in [0.2, 0.25) is 0 Å². The van der Waals surface area contributed by atoms with Crippen LogP contribution in [-0.2, 0) is 19.1 Å². The Morgan fingerprint density at radius 3 is 2.75 bits per heavy atom. The molecule has 0 saturated carbocycles. The van der Waals surface area contributed by atoms with Crippen molar-refractivity contribution < 1.29 is 18.0 Å². The summed E-state index contributed by atoms with van der Waals surface area (Å²) in [4.78, 5) is 34.1. The molecule has 3 aromatic rings. The van der Waals surface area contributed by atoms with Crippen LogP contribution in [0.15, 0.2) is 46.6 Å². The first kappa shape index (κ1) is 18.4. The van der Waals surface area contributed by atoms with Gasteiger partial charge in [0.05, 0.1) is 28.2 Å². The Bertz CT molecular complexity index is 1090. The van der Waals surface area contributed by atoms with Crippen LogP contribution in [0.4, 0.5) is 13.2 Å². The highest BCUT2D eigenvalue weighted by Gasteiger charge is 2.31. The van der Waals surface area contributed by atoms with Crippen molar-refractivity contribution >= 4 is 17.2 Å². The lowest BCUT2D eigenvalue weighted by Crippen LogP contribution is -2.39. The fourth-order valence-electron chi connectivity index (χ4n) is 3.13. The van der Waals surface area contributed by atoms with E-state index in [2.05, 4.69) is 9.97 Å². The maximum absolute atomic E-state index is 12.9. The predicted octanol–water partition coefficient (Wildman–Crippen LogP) is 3.72. The molecule has 144 valence electrons. The summed E-state index contributed by atoms with van der Waals surface area (Å²) in [5.41, 5.74) is -0.190.